The van der Waals surface area contributed by atoms with Gasteiger partial charge in [0.1, 0.15) is 11.7 Å². The monoisotopic (exact) mass is 337 g/mol. The first-order valence-electron chi connectivity index (χ1n) is 8.10. The molecule has 1 aliphatic carbocycles. The summed E-state index contributed by atoms with van der Waals surface area (Å²) in [7, 11) is 0. The molecule has 1 unspecified atom stereocenters. The number of carbonyl (C=O) groups is 3. The van der Waals surface area contributed by atoms with Crippen molar-refractivity contribution in [3.8, 4) is 5.75 Å². The Bertz CT molecular complexity index is 899. The third-order valence-corrected chi connectivity index (χ3v) is 4.40. The predicted molar refractivity (Wildman–Crippen MR) is 94.1 cm³/mol. The van der Waals surface area contributed by atoms with Crippen molar-refractivity contribution in [1.82, 2.24) is 0 Å². The standard InChI is InChI=1S/C20H19NO4/c1-10(2)12-7-8-13(16(9-12)25-11(3)22)18-19(23)14-5-4-6-15(21)17(14)20(18)24/h4-10,18H,21H2,1-3H3. The zero-order valence-electron chi connectivity index (χ0n) is 14.3. The van der Waals surface area contributed by atoms with E-state index < -0.39 is 11.9 Å². The normalized spacial score (nSPS) is 16.2. The summed E-state index contributed by atoms with van der Waals surface area (Å²) in [4.78, 5) is 37.1. The number of anilines is 1. The van der Waals surface area contributed by atoms with E-state index in [-0.39, 0.29) is 34.5 Å². The molecule has 0 heterocycles. The van der Waals surface area contributed by atoms with Gasteiger partial charge in [-0.15, -0.1) is 0 Å². The van der Waals surface area contributed by atoms with E-state index in [1.165, 1.54) is 6.92 Å². The lowest BCUT2D eigenvalue weighted by Crippen LogP contribution is -2.16. The van der Waals surface area contributed by atoms with Crippen molar-refractivity contribution in [1.29, 1.82) is 0 Å². The summed E-state index contributed by atoms with van der Waals surface area (Å²) in [5.74, 6) is -1.75. The van der Waals surface area contributed by atoms with Gasteiger partial charge in [-0.2, -0.15) is 0 Å². The molecule has 5 heteroatoms. The van der Waals surface area contributed by atoms with Gasteiger partial charge in [0.15, 0.2) is 11.6 Å². The number of esters is 1. The second-order valence-electron chi connectivity index (χ2n) is 6.48. The molecule has 2 aromatic carbocycles. The first-order valence-corrected chi connectivity index (χ1v) is 8.10. The summed E-state index contributed by atoms with van der Waals surface area (Å²) in [6.45, 7) is 5.31. The number of hydrogen-bond donors (Lipinski definition) is 1. The van der Waals surface area contributed by atoms with Crippen molar-refractivity contribution in [2.45, 2.75) is 32.6 Å². The number of nitrogen functional groups attached to an aromatic ring is 1. The Morgan fingerprint density at radius 2 is 1.84 bits per heavy atom. The molecule has 25 heavy (non-hydrogen) atoms. The van der Waals surface area contributed by atoms with Crippen LogP contribution in [0.1, 0.15) is 64.4 Å². The van der Waals surface area contributed by atoms with Crippen molar-refractivity contribution in [3.63, 3.8) is 0 Å². The van der Waals surface area contributed by atoms with Crippen molar-refractivity contribution < 1.29 is 19.1 Å². The number of carbonyl (C=O) groups excluding carboxylic acids is 3. The second kappa shape index (κ2) is 6.16. The van der Waals surface area contributed by atoms with Gasteiger partial charge in [-0.25, -0.2) is 0 Å². The number of benzene rings is 2. The highest BCUT2D eigenvalue weighted by molar-refractivity contribution is 6.31. The Morgan fingerprint density at radius 1 is 1.12 bits per heavy atom. The third-order valence-electron chi connectivity index (χ3n) is 4.40. The summed E-state index contributed by atoms with van der Waals surface area (Å²) >= 11 is 0. The van der Waals surface area contributed by atoms with Gasteiger partial charge in [0.25, 0.3) is 0 Å². The van der Waals surface area contributed by atoms with Crippen LogP contribution < -0.4 is 10.5 Å². The molecule has 0 saturated carbocycles. The Balaban J connectivity index is 2.14. The lowest BCUT2D eigenvalue weighted by Gasteiger charge is -2.16. The average Bonchev–Trinajstić information content (AvgIpc) is 2.79. The van der Waals surface area contributed by atoms with E-state index in [0.29, 0.717) is 11.1 Å². The van der Waals surface area contributed by atoms with E-state index in [4.69, 9.17) is 10.5 Å². The number of fused-ring (bicyclic) bond motifs is 1. The lowest BCUT2D eigenvalue weighted by atomic mass is 9.90. The number of nitrogens with two attached hydrogens (primary N) is 1. The van der Waals surface area contributed by atoms with Crippen LogP contribution in [0.2, 0.25) is 0 Å². The fourth-order valence-corrected chi connectivity index (χ4v) is 3.14. The quantitative estimate of drug-likeness (QED) is 0.401. The van der Waals surface area contributed by atoms with Crippen molar-refractivity contribution in [2.24, 2.45) is 0 Å². The highest BCUT2D eigenvalue weighted by atomic mass is 16.5. The molecule has 3 rings (SSSR count). The minimum Gasteiger partial charge on any atom is -0.426 e. The molecule has 2 aromatic rings. The maximum absolute atomic E-state index is 12.8. The molecule has 2 N–H and O–H groups in total. The fraction of sp³-hybridized carbons (Fsp3) is 0.250. The Kier molecular flexibility index (Phi) is 4.17. The average molecular weight is 337 g/mol. The molecule has 0 saturated heterocycles. The molecular weight excluding hydrogens is 318 g/mol. The first kappa shape index (κ1) is 16.9. The summed E-state index contributed by atoms with van der Waals surface area (Å²) in [5.41, 5.74) is 8.09. The maximum Gasteiger partial charge on any atom is 0.308 e. The fourth-order valence-electron chi connectivity index (χ4n) is 3.14. The van der Waals surface area contributed by atoms with Crippen molar-refractivity contribution >= 4 is 23.2 Å². The van der Waals surface area contributed by atoms with E-state index in [0.717, 1.165) is 5.56 Å². The van der Waals surface area contributed by atoms with Crippen LogP contribution in [0, 0.1) is 0 Å². The van der Waals surface area contributed by atoms with Crippen LogP contribution in [0.25, 0.3) is 0 Å². The number of ether oxygens (including phenoxy) is 1. The molecule has 0 fully saturated rings. The molecule has 5 nitrogen and oxygen atoms in total. The second-order valence-corrected chi connectivity index (χ2v) is 6.48. The largest absolute Gasteiger partial charge is 0.426 e. The highest BCUT2D eigenvalue weighted by Crippen LogP contribution is 2.41. The summed E-state index contributed by atoms with van der Waals surface area (Å²) in [6, 6.07) is 10.1. The van der Waals surface area contributed by atoms with Gasteiger partial charge >= 0.3 is 5.97 Å². The van der Waals surface area contributed by atoms with Gasteiger partial charge in [0, 0.05) is 23.7 Å². The maximum atomic E-state index is 12.8. The van der Waals surface area contributed by atoms with Crippen LogP contribution in [0.5, 0.6) is 5.75 Å². The summed E-state index contributed by atoms with van der Waals surface area (Å²) in [5, 5.41) is 0. The summed E-state index contributed by atoms with van der Waals surface area (Å²) in [6.07, 6.45) is 0. The molecule has 0 spiro atoms. The third kappa shape index (κ3) is 2.82. The molecule has 1 aliphatic rings. The van der Waals surface area contributed by atoms with Gasteiger partial charge in [0.05, 0.1) is 5.56 Å². The number of rotatable bonds is 3. The van der Waals surface area contributed by atoms with E-state index in [9.17, 15) is 14.4 Å². The van der Waals surface area contributed by atoms with E-state index in [1.54, 1.807) is 30.3 Å². The zero-order valence-corrected chi connectivity index (χ0v) is 14.3. The molecule has 0 aromatic heterocycles. The van der Waals surface area contributed by atoms with Crippen LogP contribution in [0.4, 0.5) is 5.69 Å². The van der Waals surface area contributed by atoms with Gasteiger partial charge in [-0.3, -0.25) is 14.4 Å². The van der Waals surface area contributed by atoms with Crippen LogP contribution >= 0.6 is 0 Å². The summed E-state index contributed by atoms with van der Waals surface area (Å²) < 4.78 is 5.30. The van der Waals surface area contributed by atoms with Crippen LogP contribution in [-0.2, 0) is 4.79 Å². The highest BCUT2D eigenvalue weighted by Gasteiger charge is 2.42. The number of hydrogen-bond acceptors (Lipinski definition) is 5. The lowest BCUT2D eigenvalue weighted by molar-refractivity contribution is -0.131. The molecule has 0 amide bonds. The Hall–Kier alpha value is -2.95. The van der Waals surface area contributed by atoms with Crippen LogP contribution in [-0.4, -0.2) is 17.5 Å². The minimum absolute atomic E-state index is 0.214. The van der Waals surface area contributed by atoms with E-state index in [1.807, 2.05) is 19.9 Å². The van der Waals surface area contributed by atoms with Crippen LogP contribution in [0.3, 0.4) is 0 Å². The molecule has 0 bridgehead atoms. The molecular formula is C20H19NO4. The molecule has 128 valence electrons. The van der Waals surface area contributed by atoms with E-state index in [2.05, 4.69) is 0 Å². The zero-order chi connectivity index (χ0) is 18.3. The van der Waals surface area contributed by atoms with E-state index >= 15 is 0 Å². The smallest absolute Gasteiger partial charge is 0.308 e. The van der Waals surface area contributed by atoms with Crippen molar-refractivity contribution in [3.05, 3.63) is 58.7 Å². The Morgan fingerprint density at radius 3 is 2.44 bits per heavy atom. The van der Waals surface area contributed by atoms with Gasteiger partial charge in [-0.1, -0.05) is 38.1 Å². The topological polar surface area (TPSA) is 86.5 Å². The van der Waals surface area contributed by atoms with Gasteiger partial charge in [-0.05, 0) is 23.6 Å². The first-order chi connectivity index (χ1) is 11.8. The Labute approximate surface area is 145 Å². The number of ketones is 2. The minimum atomic E-state index is -1.03. The number of Topliss-reactive ketones (excluding diaryl/α,β-unsaturated/α-hetero) is 2. The van der Waals surface area contributed by atoms with Gasteiger partial charge < -0.3 is 10.5 Å². The molecule has 1 atom stereocenters. The van der Waals surface area contributed by atoms with Gasteiger partial charge in [0.2, 0.25) is 0 Å². The molecule has 0 aliphatic heterocycles. The van der Waals surface area contributed by atoms with Crippen LogP contribution in [0.15, 0.2) is 36.4 Å². The predicted octanol–water partition coefficient (Wildman–Crippen LogP) is 3.48. The molecule has 0 radical (unpaired) electrons. The SMILES string of the molecule is CC(=O)Oc1cc(C(C)C)ccc1C1C(=O)c2cccc(N)c2C1=O. The van der Waals surface area contributed by atoms with Crippen molar-refractivity contribution in [2.75, 3.05) is 5.73 Å².